The Bertz CT molecular complexity index is 902. The summed E-state index contributed by atoms with van der Waals surface area (Å²) >= 11 is 0. The van der Waals surface area contributed by atoms with Gasteiger partial charge in [-0.3, -0.25) is 4.79 Å². The average molecular weight is 463 g/mol. The Labute approximate surface area is 179 Å². The maximum atomic E-state index is 14.3. The number of benzene rings is 1. The van der Waals surface area contributed by atoms with E-state index >= 15 is 0 Å². The number of nitrogens with one attached hydrogen (secondary N) is 1. The Kier molecular flexibility index (Phi) is 8.31. The molecule has 0 amide bonds. The summed E-state index contributed by atoms with van der Waals surface area (Å²) in [5.41, 5.74) is 1.64. The average Bonchev–Trinajstić information content (AvgIpc) is 3.12. The van der Waals surface area contributed by atoms with Crippen molar-refractivity contribution < 1.29 is 41.8 Å². The normalized spacial score (nSPS) is 20.5. The zero-order valence-electron chi connectivity index (χ0n) is 16.7. The molecule has 0 saturated heterocycles. The molecule has 176 valence electrons. The molecule has 1 aromatic heterocycles. The highest BCUT2D eigenvalue weighted by atomic mass is 19.4. The fourth-order valence-electron chi connectivity index (χ4n) is 3.26. The molecule has 32 heavy (non-hydrogen) atoms. The Hall–Kier alpha value is -3.02. The van der Waals surface area contributed by atoms with Gasteiger partial charge in [0.25, 0.3) is 5.92 Å². The summed E-state index contributed by atoms with van der Waals surface area (Å²) in [6.45, 7) is 0.243. The molecule has 0 radical (unpaired) electrons. The van der Waals surface area contributed by atoms with Crippen molar-refractivity contribution in [1.82, 2.24) is 15.1 Å². The van der Waals surface area contributed by atoms with Gasteiger partial charge in [0.15, 0.2) is 0 Å². The SMILES string of the molecule is O=C(O)C(F)(F)F.O=C(O)[C@@H]1CC[C@@H](NCc2ccnn2-c2ccccc2)C(F)(F)CC1. The van der Waals surface area contributed by atoms with E-state index in [-0.39, 0.29) is 25.8 Å². The first-order valence-corrected chi connectivity index (χ1v) is 9.64. The molecule has 3 N–H and O–H groups in total. The van der Waals surface area contributed by atoms with Gasteiger partial charge in [0.1, 0.15) is 0 Å². The van der Waals surface area contributed by atoms with Crippen LogP contribution in [0.1, 0.15) is 31.4 Å². The molecule has 1 aliphatic carbocycles. The molecular weight excluding hydrogens is 441 g/mol. The molecule has 1 fully saturated rings. The van der Waals surface area contributed by atoms with Gasteiger partial charge in [-0.25, -0.2) is 18.3 Å². The number of carboxylic acids is 2. The molecule has 0 spiro atoms. The largest absolute Gasteiger partial charge is 0.490 e. The van der Waals surface area contributed by atoms with E-state index in [9.17, 15) is 26.7 Å². The number of hydrogen-bond donors (Lipinski definition) is 3. The van der Waals surface area contributed by atoms with Gasteiger partial charge in [0.2, 0.25) is 0 Å². The predicted octanol–water partition coefficient (Wildman–Crippen LogP) is 3.87. The van der Waals surface area contributed by atoms with E-state index in [2.05, 4.69) is 10.4 Å². The van der Waals surface area contributed by atoms with Crippen molar-refractivity contribution in [3.05, 3.63) is 48.3 Å². The van der Waals surface area contributed by atoms with E-state index in [1.807, 2.05) is 30.3 Å². The minimum absolute atomic E-state index is 0.0163. The molecule has 3 rings (SSSR count). The number of rotatable bonds is 5. The lowest BCUT2D eigenvalue weighted by molar-refractivity contribution is -0.192. The molecule has 2 aromatic rings. The molecule has 12 heteroatoms. The summed E-state index contributed by atoms with van der Waals surface area (Å²) in [6.07, 6.45) is -3.43. The first-order valence-electron chi connectivity index (χ1n) is 9.64. The first kappa shape index (κ1) is 25.2. The lowest BCUT2D eigenvalue weighted by Gasteiger charge is -2.25. The zero-order chi connectivity index (χ0) is 23.9. The number of carboxylic acid groups (broad SMARTS) is 2. The maximum absolute atomic E-state index is 14.3. The molecule has 0 bridgehead atoms. The second kappa shape index (κ2) is 10.5. The summed E-state index contributed by atoms with van der Waals surface area (Å²) in [5.74, 6) is -7.35. The standard InChI is InChI=1S/C18H21F2N3O2.C2HF3O2/c19-18(20)10-8-13(17(24)25)6-7-16(18)21-12-15-9-11-22-23(15)14-4-2-1-3-5-14;3-2(4,5)1(6)7/h1-5,9,11,13,16,21H,6-8,10,12H2,(H,24,25);(H,6,7)/t13-,16-;/m1./s1. The Morgan fingerprint density at radius 2 is 1.72 bits per heavy atom. The maximum Gasteiger partial charge on any atom is 0.490 e. The first-order chi connectivity index (χ1) is 14.9. The number of carbonyl (C=O) groups is 2. The van der Waals surface area contributed by atoms with Crippen LogP contribution in [0.2, 0.25) is 0 Å². The van der Waals surface area contributed by atoms with Crippen LogP contribution >= 0.6 is 0 Å². The molecule has 0 unspecified atom stereocenters. The third-order valence-corrected chi connectivity index (χ3v) is 4.98. The number of para-hydroxylation sites is 1. The van der Waals surface area contributed by atoms with Crippen LogP contribution in [0.4, 0.5) is 22.0 Å². The van der Waals surface area contributed by atoms with Crippen LogP contribution in [-0.2, 0) is 16.1 Å². The van der Waals surface area contributed by atoms with Gasteiger partial charge in [0, 0.05) is 19.2 Å². The summed E-state index contributed by atoms with van der Waals surface area (Å²) in [5, 5.41) is 23.4. The second-order valence-electron chi connectivity index (χ2n) is 7.22. The van der Waals surface area contributed by atoms with Crippen LogP contribution in [0.5, 0.6) is 0 Å². The molecule has 1 saturated carbocycles. The molecule has 1 aromatic carbocycles. The summed E-state index contributed by atoms with van der Waals surface area (Å²) < 4.78 is 62.1. The van der Waals surface area contributed by atoms with E-state index < -0.39 is 42.4 Å². The highest BCUT2D eigenvalue weighted by Crippen LogP contribution is 2.35. The molecule has 2 atom stereocenters. The van der Waals surface area contributed by atoms with Gasteiger partial charge in [-0.15, -0.1) is 0 Å². The van der Waals surface area contributed by atoms with Crippen molar-refractivity contribution in [2.45, 2.75) is 50.4 Å². The van der Waals surface area contributed by atoms with Gasteiger partial charge in [-0.05, 0) is 37.5 Å². The lowest BCUT2D eigenvalue weighted by Crippen LogP contribution is -2.44. The number of nitrogens with zero attached hydrogens (tertiary/aromatic N) is 2. The zero-order valence-corrected chi connectivity index (χ0v) is 16.7. The van der Waals surface area contributed by atoms with Crippen molar-refractivity contribution >= 4 is 11.9 Å². The molecule has 0 aliphatic heterocycles. The van der Waals surface area contributed by atoms with Crippen LogP contribution in [0, 0.1) is 5.92 Å². The predicted molar refractivity (Wildman–Crippen MR) is 102 cm³/mol. The van der Waals surface area contributed by atoms with Crippen LogP contribution in [-0.4, -0.2) is 50.1 Å². The number of halogens is 5. The fraction of sp³-hybridized carbons (Fsp3) is 0.450. The molecule has 1 heterocycles. The van der Waals surface area contributed by atoms with E-state index in [1.54, 1.807) is 16.9 Å². The third kappa shape index (κ3) is 7.01. The summed E-state index contributed by atoms with van der Waals surface area (Å²) in [7, 11) is 0. The van der Waals surface area contributed by atoms with Gasteiger partial charge in [-0.2, -0.15) is 18.3 Å². The van der Waals surface area contributed by atoms with E-state index in [4.69, 9.17) is 15.0 Å². The number of alkyl halides is 5. The topological polar surface area (TPSA) is 104 Å². The van der Waals surface area contributed by atoms with Crippen molar-refractivity contribution in [3.63, 3.8) is 0 Å². The monoisotopic (exact) mass is 463 g/mol. The smallest absolute Gasteiger partial charge is 0.481 e. The van der Waals surface area contributed by atoms with Crippen LogP contribution in [0.15, 0.2) is 42.6 Å². The molecule has 7 nitrogen and oxygen atoms in total. The summed E-state index contributed by atoms with van der Waals surface area (Å²) in [4.78, 5) is 20.0. The van der Waals surface area contributed by atoms with E-state index in [0.29, 0.717) is 0 Å². The second-order valence-corrected chi connectivity index (χ2v) is 7.22. The van der Waals surface area contributed by atoms with E-state index in [0.717, 1.165) is 11.4 Å². The number of aliphatic carboxylic acids is 2. The Morgan fingerprint density at radius 1 is 1.09 bits per heavy atom. The highest BCUT2D eigenvalue weighted by molar-refractivity contribution is 5.73. The van der Waals surface area contributed by atoms with Crippen LogP contribution in [0.3, 0.4) is 0 Å². The van der Waals surface area contributed by atoms with Gasteiger partial charge < -0.3 is 15.5 Å². The fourth-order valence-corrected chi connectivity index (χ4v) is 3.26. The van der Waals surface area contributed by atoms with Crippen molar-refractivity contribution in [2.75, 3.05) is 0 Å². The number of hydrogen-bond acceptors (Lipinski definition) is 4. The van der Waals surface area contributed by atoms with Crippen molar-refractivity contribution in [1.29, 1.82) is 0 Å². The highest BCUT2D eigenvalue weighted by Gasteiger charge is 2.43. The number of aromatic nitrogens is 2. The molecular formula is C20H22F5N3O4. The Morgan fingerprint density at radius 3 is 2.28 bits per heavy atom. The summed E-state index contributed by atoms with van der Waals surface area (Å²) in [6, 6.07) is 10.2. The van der Waals surface area contributed by atoms with Gasteiger partial charge >= 0.3 is 18.1 Å². The van der Waals surface area contributed by atoms with Crippen molar-refractivity contribution in [3.8, 4) is 5.69 Å². The third-order valence-electron chi connectivity index (χ3n) is 4.98. The quantitative estimate of drug-likeness (QED) is 0.459. The van der Waals surface area contributed by atoms with Crippen LogP contribution < -0.4 is 5.32 Å². The van der Waals surface area contributed by atoms with Gasteiger partial charge in [-0.1, -0.05) is 18.2 Å². The minimum atomic E-state index is -5.08. The van der Waals surface area contributed by atoms with Crippen molar-refractivity contribution in [2.24, 2.45) is 5.92 Å². The minimum Gasteiger partial charge on any atom is -0.481 e. The van der Waals surface area contributed by atoms with Gasteiger partial charge in [0.05, 0.1) is 23.3 Å². The molecule has 1 aliphatic rings. The lowest BCUT2D eigenvalue weighted by atomic mass is 10.0. The van der Waals surface area contributed by atoms with E-state index in [1.165, 1.54) is 0 Å². The van der Waals surface area contributed by atoms with Crippen LogP contribution in [0.25, 0.3) is 5.69 Å². The Balaban J connectivity index is 0.000000451.